The standard InChI is InChI=1S/C14H16BrNO/c1-10-5-7-16(8-6-10)14(17)12-3-4-13(15)11(2)9-12/h3-5,9H,6-8H2,1-2H3. The fourth-order valence-corrected chi connectivity index (χ4v) is 2.16. The molecule has 1 aliphatic rings. The van der Waals surface area contributed by atoms with E-state index in [2.05, 4.69) is 28.9 Å². The minimum atomic E-state index is 0.129. The third-order valence-electron chi connectivity index (χ3n) is 3.13. The molecule has 0 radical (unpaired) electrons. The van der Waals surface area contributed by atoms with Crippen LogP contribution in [0.4, 0.5) is 0 Å². The molecule has 0 fully saturated rings. The summed E-state index contributed by atoms with van der Waals surface area (Å²) >= 11 is 3.45. The number of benzene rings is 1. The quantitative estimate of drug-likeness (QED) is 0.725. The molecule has 0 N–H and O–H groups in total. The molecule has 90 valence electrons. The summed E-state index contributed by atoms with van der Waals surface area (Å²) in [5.41, 5.74) is 3.25. The molecule has 2 rings (SSSR count). The van der Waals surface area contributed by atoms with Crippen LogP contribution in [0.15, 0.2) is 34.3 Å². The predicted octanol–water partition coefficient (Wildman–Crippen LogP) is 3.55. The third kappa shape index (κ3) is 2.78. The zero-order valence-corrected chi connectivity index (χ0v) is 11.8. The number of amides is 1. The highest BCUT2D eigenvalue weighted by Gasteiger charge is 2.17. The van der Waals surface area contributed by atoms with Gasteiger partial charge in [-0.25, -0.2) is 0 Å². The number of aryl methyl sites for hydroxylation is 1. The van der Waals surface area contributed by atoms with Crippen LogP contribution in [0, 0.1) is 6.92 Å². The van der Waals surface area contributed by atoms with Crippen LogP contribution in [0.25, 0.3) is 0 Å². The van der Waals surface area contributed by atoms with Crippen molar-refractivity contribution >= 4 is 21.8 Å². The summed E-state index contributed by atoms with van der Waals surface area (Å²) in [6, 6.07) is 5.76. The van der Waals surface area contributed by atoms with Gasteiger partial charge in [-0.15, -0.1) is 0 Å². The molecule has 0 aliphatic carbocycles. The number of hydrogen-bond donors (Lipinski definition) is 0. The first-order valence-corrected chi connectivity index (χ1v) is 6.58. The van der Waals surface area contributed by atoms with Gasteiger partial charge in [-0.2, -0.15) is 0 Å². The minimum absolute atomic E-state index is 0.129. The molecule has 0 aromatic heterocycles. The lowest BCUT2D eigenvalue weighted by atomic mass is 10.1. The molecule has 0 bridgehead atoms. The van der Waals surface area contributed by atoms with Crippen LogP contribution in [0.3, 0.4) is 0 Å². The Morgan fingerprint density at radius 1 is 1.35 bits per heavy atom. The molecule has 0 saturated heterocycles. The van der Waals surface area contributed by atoms with Gasteiger partial charge in [0.05, 0.1) is 0 Å². The molecule has 0 spiro atoms. The van der Waals surface area contributed by atoms with Gasteiger partial charge < -0.3 is 4.90 Å². The van der Waals surface area contributed by atoms with Gasteiger partial charge in [-0.05, 0) is 44.0 Å². The highest BCUT2D eigenvalue weighted by atomic mass is 79.9. The molecule has 1 aromatic rings. The van der Waals surface area contributed by atoms with Crippen molar-refractivity contribution in [3.63, 3.8) is 0 Å². The SMILES string of the molecule is CC1=CCN(C(=O)c2ccc(Br)c(C)c2)CC1. The smallest absolute Gasteiger partial charge is 0.254 e. The second-order valence-corrected chi connectivity index (χ2v) is 5.37. The van der Waals surface area contributed by atoms with Crippen LogP contribution in [-0.4, -0.2) is 23.9 Å². The predicted molar refractivity (Wildman–Crippen MR) is 73.2 cm³/mol. The first-order chi connectivity index (χ1) is 8.08. The summed E-state index contributed by atoms with van der Waals surface area (Å²) in [5, 5.41) is 0. The largest absolute Gasteiger partial charge is 0.335 e. The lowest BCUT2D eigenvalue weighted by Crippen LogP contribution is -2.34. The van der Waals surface area contributed by atoms with E-state index in [1.807, 2.05) is 30.0 Å². The van der Waals surface area contributed by atoms with E-state index in [4.69, 9.17) is 0 Å². The highest BCUT2D eigenvalue weighted by Crippen LogP contribution is 2.19. The maximum atomic E-state index is 12.3. The number of carbonyl (C=O) groups is 1. The maximum Gasteiger partial charge on any atom is 0.254 e. The van der Waals surface area contributed by atoms with E-state index < -0.39 is 0 Å². The number of rotatable bonds is 1. The van der Waals surface area contributed by atoms with E-state index in [0.29, 0.717) is 0 Å². The van der Waals surface area contributed by atoms with Gasteiger partial charge in [0, 0.05) is 23.1 Å². The third-order valence-corrected chi connectivity index (χ3v) is 4.02. The van der Waals surface area contributed by atoms with Gasteiger partial charge in [0.15, 0.2) is 0 Å². The summed E-state index contributed by atoms with van der Waals surface area (Å²) < 4.78 is 1.04. The van der Waals surface area contributed by atoms with Crippen molar-refractivity contribution in [2.24, 2.45) is 0 Å². The van der Waals surface area contributed by atoms with E-state index in [1.54, 1.807) is 0 Å². The van der Waals surface area contributed by atoms with E-state index in [-0.39, 0.29) is 5.91 Å². The average Bonchev–Trinajstić information content (AvgIpc) is 2.33. The van der Waals surface area contributed by atoms with E-state index in [0.717, 1.165) is 35.1 Å². The number of carbonyl (C=O) groups excluding carboxylic acids is 1. The highest BCUT2D eigenvalue weighted by molar-refractivity contribution is 9.10. The van der Waals surface area contributed by atoms with Crippen LogP contribution in [0.5, 0.6) is 0 Å². The van der Waals surface area contributed by atoms with Crippen molar-refractivity contribution in [2.75, 3.05) is 13.1 Å². The van der Waals surface area contributed by atoms with Crippen molar-refractivity contribution in [1.82, 2.24) is 4.90 Å². The van der Waals surface area contributed by atoms with Crippen LogP contribution < -0.4 is 0 Å². The second kappa shape index (κ2) is 5.05. The van der Waals surface area contributed by atoms with Crippen LogP contribution >= 0.6 is 15.9 Å². The van der Waals surface area contributed by atoms with E-state index in [9.17, 15) is 4.79 Å². The van der Waals surface area contributed by atoms with Gasteiger partial charge in [-0.1, -0.05) is 27.6 Å². The summed E-state index contributed by atoms with van der Waals surface area (Å²) in [6.07, 6.45) is 3.12. The number of hydrogen-bond acceptors (Lipinski definition) is 1. The fourth-order valence-electron chi connectivity index (χ4n) is 1.92. The first kappa shape index (κ1) is 12.4. The van der Waals surface area contributed by atoms with Crippen LogP contribution in [0.2, 0.25) is 0 Å². The molecule has 0 saturated carbocycles. The molecule has 17 heavy (non-hydrogen) atoms. The van der Waals surface area contributed by atoms with Crippen LogP contribution in [0.1, 0.15) is 29.3 Å². The Morgan fingerprint density at radius 3 is 2.71 bits per heavy atom. The Kier molecular flexibility index (Phi) is 3.67. The van der Waals surface area contributed by atoms with Crippen molar-refractivity contribution in [3.8, 4) is 0 Å². The lowest BCUT2D eigenvalue weighted by molar-refractivity contribution is 0.0769. The van der Waals surface area contributed by atoms with Crippen LogP contribution in [-0.2, 0) is 0 Å². The van der Waals surface area contributed by atoms with Gasteiger partial charge >= 0.3 is 0 Å². The van der Waals surface area contributed by atoms with Crippen molar-refractivity contribution in [1.29, 1.82) is 0 Å². The summed E-state index contributed by atoms with van der Waals surface area (Å²) in [6.45, 7) is 5.68. The molecule has 0 atom stereocenters. The zero-order valence-electron chi connectivity index (χ0n) is 10.2. The van der Waals surface area contributed by atoms with Gasteiger partial charge in [0.1, 0.15) is 0 Å². The Bertz CT molecular complexity index is 479. The van der Waals surface area contributed by atoms with Crippen molar-refractivity contribution in [3.05, 3.63) is 45.4 Å². The summed E-state index contributed by atoms with van der Waals surface area (Å²) in [7, 11) is 0. The summed E-state index contributed by atoms with van der Waals surface area (Å²) in [4.78, 5) is 14.1. The van der Waals surface area contributed by atoms with E-state index in [1.165, 1.54) is 5.57 Å². The molecular weight excluding hydrogens is 278 g/mol. The van der Waals surface area contributed by atoms with Crippen molar-refractivity contribution < 1.29 is 4.79 Å². The molecule has 1 aliphatic heterocycles. The van der Waals surface area contributed by atoms with E-state index >= 15 is 0 Å². The van der Waals surface area contributed by atoms with Gasteiger partial charge in [0.25, 0.3) is 5.91 Å². The maximum absolute atomic E-state index is 12.3. The first-order valence-electron chi connectivity index (χ1n) is 5.79. The molecule has 1 amide bonds. The molecule has 1 aromatic carbocycles. The van der Waals surface area contributed by atoms with Gasteiger partial charge in [0.2, 0.25) is 0 Å². The number of halogens is 1. The molecular formula is C14H16BrNO. The fraction of sp³-hybridized carbons (Fsp3) is 0.357. The molecule has 3 heteroatoms. The monoisotopic (exact) mass is 293 g/mol. The Hall–Kier alpha value is -1.09. The normalized spacial score (nSPS) is 15.7. The zero-order chi connectivity index (χ0) is 12.4. The molecule has 0 unspecified atom stereocenters. The Morgan fingerprint density at radius 2 is 2.12 bits per heavy atom. The summed E-state index contributed by atoms with van der Waals surface area (Å²) in [5.74, 6) is 0.129. The Labute approximate surface area is 110 Å². The minimum Gasteiger partial charge on any atom is -0.335 e. The van der Waals surface area contributed by atoms with Gasteiger partial charge in [-0.3, -0.25) is 4.79 Å². The Balaban J connectivity index is 2.17. The van der Waals surface area contributed by atoms with Crippen molar-refractivity contribution in [2.45, 2.75) is 20.3 Å². The average molecular weight is 294 g/mol. The number of nitrogens with zero attached hydrogens (tertiary/aromatic N) is 1. The lowest BCUT2D eigenvalue weighted by Gasteiger charge is -2.25. The topological polar surface area (TPSA) is 20.3 Å². The molecule has 2 nitrogen and oxygen atoms in total. The second-order valence-electron chi connectivity index (χ2n) is 4.52. The molecule has 1 heterocycles.